The van der Waals surface area contributed by atoms with Gasteiger partial charge in [0.25, 0.3) is 11.8 Å². The number of carbonyl (C=O) groups excluding carboxylic acids is 2. The van der Waals surface area contributed by atoms with Gasteiger partial charge < -0.3 is 15.0 Å². The first-order valence-electron chi connectivity index (χ1n) is 9.92. The Morgan fingerprint density at radius 3 is 2.59 bits per heavy atom. The van der Waals surface area contributed by atoms with E-state index in [-0.39, 0.29) is 18.4 Å². The van der Waals surface area contributed by atoms with Gasteiger partial charge in [-0.2, -0.15) is 0 Å². The smallest absolute Gasteiger partial charge is 0.270 e. The number of nitrogens with one attached hydrogen (secondary N) is 1. The zero-order valence-electron chi connectivity index (χ0n) is 16.9. The van der Waals surface area contributed by atoms with Gasteiger partial charge in [-0.25, -0.2) is 4.98 Å². The Bertz CT molecular complexity index is 780. The summed E-state index contributed by atoms with van der Waals surface area (Å²) in [5.41, 5.74) is 0.404. The third-order valence-corrected chi connectivity index (χ3v) is 5.32. The van der Waals surface area contributed by atoms with Crippen LogP contribution in [-0.2, 0) is 11.3 Å². The summed E-state index contributed by atoms with van der Waals surface area (Å²) in [6.45, 7) is 5.74. The van der Waals surface area contributed by atoms with Crippen molar-refractivity contribution in [3.05, 3.63) is 45.4 Å². The van der Waals surface area contributed by atoms with E-state index >= 15 is 0 Å². The molecule has 0 aliphatic rings. The molecule has 0 saturated heterocycles. The lowest BCUT2D eigenvalue weighted by Crippen LogP contribution is -2.35. The van der Waals surface area contributed by atoms with Gasteiger partial charge in [0.2, 0.25) is 0 Å². The largest absolute Gasteiger partial charge is 0.484 e. The maximum Gasteiger partial charge on any atom is 0.270 e. The normalized spacial score (nSPS) is 10.6. The molecule has 0 bridgehead atoms. The van der Waals surface area contributed by atoms with Crippen LogP contribution in [0.1, 0.15) is 55.0 Å². The van der Waals surface area contributed by atoms with E-state index in [0.717, 1.165) is 30.7 Å². The topological polar surface area (TPSA) is 71.5 Å². The second-order valence-electron chi connectivity index (χ2n) is 6.65. The molecule has 0 radical (unpaired) electrons. The fourth-order valence-electron chi connectivity index (χ4n) is 2.53. The molecule has 2 amide bonds. The number of thiazole rings is 1. The zero-order valence-corrected chi connectivity index (χ0v) is 18.5. The fraction of sp³-hybridized carbons (Fsp3) is 0.476. The van der Waals surface area contributed by atoms with Gasteiger partial charge in [-0.1, -0.05) is 38.3 Å². The summed E-state index contributed by atoms with van der Waals surface area (Å²) in [6, 6.07) is 6.91. The molecule has 0 fully saturated rings. The van der Waals surface area contributed by atoms with Gasteiger partial charge in [0, 0.05) is 23.5 Å². The van der Waals surface area contributed by atoms with Gasteiger partial charge in [0.1, 0.15) is 16.5 Å². The highest BCUT2D eigenvalue weighted by atomic mass is 35.5. The zero-order chi connectivity index (χ0) is 21.1. The standard InChI is InChI=1S/C21H28ClN3O3S/c1-3-5-11-23-21(27)18-15-29-19(24-18)13-25(12-6-4-2)20(26)14-28-17-9-7-16(22)8-10-17/h7-10,15H,3-6,11-14H2,1-2H3,(H,23,27). The highest BCUT2D eigenvalue weighted by molar-refractivity contribution is 7.09. The van der Waals surface area contributed by atoms with Crippen molar-refractivity contribution in [3.8, 4) is 5.75 Å². The second-order valence-corrected chi connectivity index (χ2v) is 8.03. The van der Waals surface area contributed by atoms with Gasteiger partial charge in [-0.15, -0.1) is 11.3 Å². The molecule has 1 aromatic heterocycles. The molecule has 2 rings (SSSR count). The van der Waals surface area contributed by atoms with Crippen LogP contribution < -0.4 is 10.1 Å². The van der Waals surface area contributed by atoms with Gasteiger partial charge in [-0.05, 0) is 37.1 Å². The average molecular weight is 438 g/mol. The number of hydrogen-bond acceptors (Lipinski definition) is 5. The maximum absolute atomic E-state index is 12.7. The van der Waals surface area contributed by atoms with Crippen molar-refractivity contribution in [3.63, 3.8) is 0 Å². The van der Waals surface area contributed by atoms with Crippen LogP contribution in [0, 0.1) is 0 Å². The molecule has 6 nitrogen and oxygen atoms in total. The van der Waals surface area contributed by atoms with E-state index in [1.54, 1.807) is 34.5 Å². The predicted molar refractivity (Wildman–Crippen MR) is 117 cm³/mol. The molecule has 29 heavy (non-hydrogen) atoms. The molecule has 8 heteroatoms. The van der Waals surface area contributed by atoms with Crippen LogP contribution in [-0.4, -0.2) is 41.4 Å². The summed E-state index contributed by atoms with van der Waals surface area (Å²) >= 11 is 7.26. The van der Waals surface area contributed by atoms with Crippen molar-refractivity contribution < 1.29 is 14.3 Å². The lowest BCUT2D eigenvalue weighted by Gasteiger charge is -2.21. The number of ether oxygens (including phenoxy) is 1. The molecule has 158 valence electrons. The minimum absolute atomic E-state index is 0.0545. The molecule has 0 saturated carbocycles. The number of carbonyl (C=O) groups is 2. The number of rotatable bonds is 12. The van der Waals surface area contributed by atoms with Crippen molar-refractivity contribution in [2.45, 2.75) is 46.1 Å². The Morgan fingerprint density at radius 2 is 1.90 bits per heavy atom. The van der Waals surface area contributed by atoms with E-state index < -0.39 is 0 Å². The van der Waals surface area contributed by atoms with Crippen LogP contribution in [0.2, 0.25) is 5.02 Å². The van der Waals surface area contributed by atoms with Crippen LogP contribution in [0.3, 0.4) is 0 Å². The first-order chi connectivity index (χ1) is 14.0. The number of benzene rings is 1. The Kier molecular flexibility index (Phi) is 9.94. The number of unbranched alkanes of at least 4 members (excludes halogenated alkanes) is 2. The Hall–Kier alpha value is -2.12. The minimum atomic E-state index is -0.168. The van der Waals surface area contributed by atoms with Gasteiger partial charge in [-0.3, -0.25) is 9.59 Å². The predicted octanol–water partition coefficient (Wildman–Crippen LogP) is 4.53. The van der Waals surface area contributed by atoms with E-state index in [1.807, 2.05) is 0 Å². The van der Waals surface area contributed by atoms with Crippen molar-refractivity contribution in [2.75, 3.05) is 19.7 Å². The third kappa shape index (κ3) is 8.03. The second kappa shape index (κ2) is 12.4. The molecule has 0 aliphatic carbocycles. The third-order valence-electron chi connectivity index (χ3n) is 4.24. The highest BCUT2D eigenvalue weighted by Crippen LogP contribution is 2.17. The first kappa shape index (κ1) is 23.2. The molecule has 0 unspecified atom stereocenters. The molecule has 0 atom stereocenters. The summed E-state index contributed by atoms with van der Waals surface area (Å²) < 4.78 is 5.59. The van der Waals surface area contributed by atoms with Gasteiger partial charge in [0.05, 0.1) is 6.54 Å². The number of aromatic nitrogens is 1. The quantitative estimate of drug-likeness (QED) is 0.495. The average Bonchev–Trinajstić information content (AvgIpc) is 3.19. The Balaban J connectivity index is 1.94. The first-order valence-corrected chi connectivity index (χ1v) is 11.2. The molecule has 0 spiro atoms. The molecule has 1 heterocycles. The Morgan fingerprint density at radius 1 is 1.17 bits per heavy atom. The molecule has 1 N–H and O–H groups in total. The van der Waals surface area contributed by atoms with Crippen molar-refractivity contribution >= 4 is 34.8 Å². The molecular formula is C21H28ClN3O3S. The number of halogens is 1. The summed E-state index contributed by atoms with van der Waals surface area (Å²) in [5.74, 6) is 0.314. The highest BCUT2D eigenvalue weighted by Gasteiger charge is 2.18. The number of nitrogens with zero attached hydrogens (tertiary/aromatic N) is 2. The van der Waals surface area contributed by atoms with Gasteiger partial charge >= 0.3 is 0 Å². The van der Waals surface area contributed by atoms with Crippen LogP contribution in [0.4, 0.5) is 0 Å². The molecule has 1 aromatic carbocycles. The summed E-state index contributed by atoms with van der Waals surface area (Å²) in [5, 5.41) is 5.96. The summed E-state index contributed by atoms with van der Waals surface area (Å²) in [4.78, 5) is 30.9. The van der Waals surface area contributed by atoms with Crippen LogP contribution >= 0.6 is 22.9 Å². The van der Waals surface area contributed by atoms with Crippen molar-refractivity contribution in [1.29, 1.82) is 0 Å². The van der Waals surface area contributed by atoms with Crippen molar-refractivity contribution in [2.24, 2.45) is 0 Å². The fourth-order valence-corrected chi connectivity index (χ4v) is 3.44. The molecule has 0 aliphatic heterocycles. The summed E-state index contributed by atoms with van der Waals surface area (Å²) in [6.07, 6.45) is 3.83. The monoisotopic (exact) mass is 437 g/mol. The maximum atomic E-state index is 12.7. The summed E-state index contributed by atoms with van der Waals surface area (Å²) in [7, 11) is 0. The van der Waals surface area contributed by atoms with Crippen LogP contribution in [0.15, 0.2) is 29.6 Å². The minimum Gasteiger partial charge on any atom is -0.484 e. The van der Waals surface area contributed by atoms with E-state index in [4.69, 9.17) is 16.3 Å². The van der Waals surface area contributed by atoms with E-state index in [9.17, 15) is 9.59 Å². The van der Waals surface area contributed by atoms with Crippen LogP contribution in [0.5, 0.6) is 5.75 Å². The number of amides is 2. The molecule has 2 aromatic rings. The number of hydrogen-bond donors (Lipinski definition) is 1. The van der Waals surface area contributed by atoms with Crippen molar-refractivity contribution in [1.82, 2.24) is 15.2 Å². The van der Waals surface area contributed by atoms with Gasteiger partial charge in [0.15, 0.2) is 6.61 Å². The Labute approximate surface area is 181 Å². The molecular weight excluding hydrogens is 410 g/mol. The van der Waals surface area contributed by atoms with E-state index in [1.165, 1.54) is 11.3 Å². The SMILES string of the molecule is CCCCNC(=O)c1csc(CN(CCCC)C(=O)COc2ccc(Cl)cc2)n1. The van der Waals surface area contributed by atoms with E-state index in [0.29, 0.717) is 36.1 Å². The lowest BCUT2D eigenvalue weighted by molar-refractivity contribution is -0.134. The van der Waals surface area contributed by atoms with E-state index in [2.05, 4.69) is 24.1 Å². The lowest BCUT2D eigenvalue weighted by atomic mass is 10.3. The van der Waals surface area contributed by atoms with Crippen LogP contribution in [0.25, 0.3) is 0 Å².